The van der Waals surface area contributed by atoms with Gasteiger partial charge in [0.15, 0.2) is 5.96 Å². The zero-order valence-electron chi connectivity index (χ0n) is 16.4. The summed E-state index contributed by atoms with van der Waals surface area (Å²) in [5.41, 5.74) is 0. The van der Waals surface area contributed by atoms with Gasteiger partial charge in [-0.2, -0.15) is 0 Å². The van der Waals surface area contributed by atoms with Crippen LogP contribution in [0.2, 0.25) is 0 Å². The lowest BCUT2D eigenvalue weighted by Crippen LogP contribution is -2.43. The van der Waals surface area contributed by atoms with Crippen LogP contribution >= 0.6 is 35.3 Å². The Balaban J connectivity index is 0.00000625. The molecule has 26 heavy (non-hydrogen) atoms. The van der Waals surface area contributed by atoms with Crippen LogP contribution in [0.15, 0.2) is 17.1 Å². The summed E-state index contributed by atoms with van der Waals surface area (Å²) in [6.45, 7) is 10.5. The highest BCUT2D eigenvalue weighted by molar-refractivity contribution is 14.0. The van der Waals surface area contributed by atoms with E-state index in [0.29, 0.717) is 26.1 Å². The first-order valence-electron chi connectivity index (χ1n) is 8.81. The van der Waals surface area contributed by atoms with Crippen molar-refractivity contribution in [2.24, 2.45) is 4.99 Å². The molecular weight excluding hydrogens is 483 g/mol. The van der Waals surface area contributed by atoms with Crippen molar-refractivity contribution >= 4 is 51.3 Å². The fourth-order valence-corrected chi connectivity index (χ4v) is 4.45. The summed E-state index contributed by atoms with van der Waals surface area (Å²) in [6.07, 6.45) is 2.91. The van der Waals surface area contributed by atoms with E-state index >= 15 is 0 Å². The molecule has 1 aromatic heterocycles. The van der Waals surface area contributed by atoms with Gasteiger partial charge in [-0.15, -0.1) is 35.3 Å². The van der Waals surface area contributed by atoms with Gasteiger partial charge in [-0.1, -0.05) is 6.92 Å². The van der Waals surface area contributed by atoms with Crippen LogP contribution in [0.5, 0.6) is 0 Å². The van der Waals surface area contributed by atoms with E-state index in [1.807, 2.05) is 25.2 Å². The molecule has 1 rings (SSSR count). The summed E-state index contributed by atoms with van der Waals surface area (Å²) >= 11 is 1.82. The largest absolute Gasteiger partial charge is 0.357 e. The molecule has 1 heterocycles. The summed E-state index contributed by atoms with van der Waals surface area (Å²) < 4.78 is 24.6. The minimum atomic E-state index is -3.12. The molecule has 2 N–H and O–H groups in total. The van der Waals surface area contributed by atoms with Crippen LogP contribution in [0.3, 0.4) is 0 Å². The molecule has 0 aliphatic rings. The number of hydrogen-bond donors (Lipinski definition) is 2. The lowest BCUT2D eigenvalue weighted by molar-refractivity contribution is 0.427. The van der Waals surface area contributed by atoms with Crippen LogP contribution in [0.25, 0.3) is 0 Å². The molecule has 0 amide bonds. The first-order chi connectivity index (χ1) is 11.8. The molecule has 0 radical (unpaired) electrons. The SMILES string of the molecule is CCNC(=NCCCN(CC)S(C)(=O)=O)NC(C)Cc1ccc(C)s1.I. The van der Waals surface area contributed by atoms with Gasteiger partial charge in [0.2, 0.25) is 10.0 Å². The molecular formula is C17H33IN4O2S2. The number of thiophene rings is 1. The minimum absolute atomic E-state index is 0. The van der Waals surface area contributed by atoms with E-state index < -0.39 is 10.0 Å². The quantitative estimate of drug-likeness (QED) is 0.217. The average Bonchev–Trinajstić information content (AvgIpc) is 2.90. The predicted octanol–water partition coefficient (Wildman–Crippen LogP) is 2.83. The maximum absolute atomic E-state index is 11.6. The monoisotopic (exact) mass is 516 g/mol. The first kappa shape index (κ1) is 25.6. The van der Waals surface area contributed by atoms with Crippen molar-refractivity contribution in [1.29, 1.82) is 0 Å². The Kier molecular flexibility index (Phi) is 12.7. The molecule has 0 fully saturated rings. The standard InChI is InChI=1S/C17H32N4O2S2.HI/c1-6-18-17(19-11-8-12-21(7-2)25(5,22)23)20-14(3)13-16-10-9-15(4)24-16;/h9-10,14H,6-8,11-13H2,1-5H3,(H2,18,19,20);1H. The van der Waals surface area contributed by atoms with E-state index in [2.05, 4.69) is 41.6 Å². The van der Waals surface area contributed by atoms with E-state index in [0.717, 1.165) is 18.9 Å². The highest BCUT2D eigenvalue weighted by atomic mass is 127. The second-order valence-corrected chi connectivity index (χ2v) is 9.49. The topological polar surface area (TPSA) is 73.8 Å². The van der Waals surface area contributed by atoms with E-state index in [1.165, 1.54) is 20.3 Å². The number of halogens is 1. The van der Waals surface area contributed by atoms with E-state index in [9.17, 15) is 8.42 Å². The smallest absolute Gasteiger partial charge is 0.211 e. The third-order valence-corrected chi connectivity index (χ3v) is 6.09. The van der Waals surface area contributed by atoms with E-state index in [1.54, 1.807) is 0 Å². The van der Waals surface area contributed by atoms with Crippen molar-refractivity contribution in [3.63, 3.8) is 0 Å². The van der Waals surface area contributed by atoms with Crippen LogP contribution in [0.4, 0.5) is 0 Å². The number of rotatable bonds is 10. The third-order valence-electron chi connectivity index (χ3n) is 3.69. The van der Waals surface area contributed by atoms with Crippen LogP contribution in [-0.4, -0.2) is 57.2 Å². The molecule has 152 valence electrons. The second-order valence-electron chi connectivity index (χ2n) is 6.13. The Bertz CT molecular complexity index is 647. The maximum atomic E-state index is 11.6. The normalized spacial score (nSPS) is 13.4. The van der Waals surface area contributed by atoms with Crippen molar-refractivity contribution in [2.75, 3.05) is 32.4 Å². The summed E-state index contributed by atoms with van der Waals surface area (Å²) in [5.74, 6) is 0.783. The second kappa shape index (κ2) is 12.9. The zero-order valence-corrected chi connectivity index (χ0v) is 20.4. The number of sulfonamides is 1. The summed E-state index contributed by atoms with van der Waals surface area (Å²) in [6, 6.07) is 4.60. The van der Waals surface area contributed by atoms with Crippen molar-refractivity contribution in [1.82, 2.24) is 14.9 Å². The van der Waals surface area contributed by atoms with Crippen molar-refractivity contribution in [2.45, 2.75) is 46.6 Å². The third kappa shape index (κ3) is 10.1. The Morgan fingerprint density at radius 3 is 2.54 bits per heavy atom. The van der Waals surface area contributed by atoms with Gasteiger partial charge in [-0.05, 0) is 39.3 Å². The van der Waals surface area contributed by atoms with Gasteiger partial charge in [-0.3, -0.25) is 4.99 Å². The Morgan fingerprint density at radius 1 is 1.35 bits per heavy atom. The highest BCUT2D eigenvalue weighted by Gasteiger charge is 2.13. The van der Waals surface area contributed by atoms with Gasteiger partial charge in [0.05, 0.1) is 6.26 Å². The van der Waals surface area contributed by atoms with Gasteiger partial charge in [-0.25, -0.2) is 12.7 Å². The molecule has 0 aromatic carbocycles. The summed E-state index contributed by atoms with van der Waals surface area (Å²) in [4.78, 5) is 7.25. The van der Waals surface area contributed by atoms with Gasteiger partial charge >= 0.3 is 0 Å². The van der Waals surface area contributed by atoms with E-state index in [-0.39, 0.29) is 30.0 Å². The highest BCUT2D eigenvalue weighted by Crippen LogP contribution is 2.16. The molecule has 0 saturated heterocycles. The van der Waals surface area contributed by atoms with Gasteiger partial charge in [0, 0.05) is 48.4 Å². The summed E-state index contributed by atoms with van der Waals surface area (Å²) in [7, 11) is -3.12. The molecule has 9 heteroatoms. The molecule has 6 nitrogen and oxygen atoms in total. The van der Waals surface area contributed by atoms with Crippen LogP contribution in [0, 0.1) is 6.92 Å². The fraction of sp³-hybridized carbons (Fsp3) is 0.706. The fourth-order valence-electron chi connectivity index (χ4n) is 2.50. The van der Waals surface area contributed by atoms with Crippen molar-refractivity contribution in [3.8, 4) is 0 Å². The first-order valence-corrected chi connectivity index (χ1v) is 11.5. The number of guanidine groups is 1. The van der Waals surface area contributed by atoms with Gasteiger partial charge in [0.1, 0.15) is 0 Å². The molecule has 0 aliphatic heterocycles. The zero-order chi connectivity index (χ0) is 18.9. The lowest BCUT2D eigenvalue weighted by Gasteiger charge is -2.18. The summed E-state index contributed by atoms with van der Waals surface area (Å²) in [5, 5.41) is 6.67. The Labute approximate surface area is 179 Å². The average molecular weight is 517 g/mol. The van der Waals surface area contributed by atoms with Crippen LogP contribution in [0.1, 0.15) is 36.9 Å². The molecule has 0 bridgehead atoms. The molecule has 0 spiro atoms. The molecule has 1 aromatic rings. The maximum Gasteiger partial charge on any atom is 0.211 e. The molecule has 0 aliphatic carbocycles. The lowest BCUT2D eigenvalue weighted by atomic mass is 10.2. The van der Waals surface area contributed by atoms with Crippen molar-refractivity contribution < 1.29 is 8.42 Å². The van der Waals surface area contributed by atoms with Crippen LogP contribution in [-0.2, 0) is 16.4 Å². The van der Waals surface area contributed by atoms with Crippen LogP contribution < -0.4 is 10.6 Å². The van der Waals surface area contributed by atoms with E-state index in [4.69, 9.17) is 0 Å². The molecule has 1 atom stereocenters. The van der Waals surface area contributed by atoms with Gasteiger partial charge < -0.3 is 10.6 Å². The van der Waals surface area contributed by atoms with Crippen molar-refractivity contribution in [3.05, 3.63) is 21.9 Å². The number of nitrogens with zero attached hydrogens (tertiary/aromatic N) is 2. The molecule has 0 saturated carbocycles. The predicted molar refractivity (Wildman–Crippen MR) is 123 cm³/mol. The Hall–Kier alpha value is -0.390. The Morgan fingerprint density at radius 2 is 2.04 bits per heavy atom. The number of aliphatic imine (C=N–C) groups is 1. The van der Waals surface area contributed by atoms with Gasteiger partial charge in [0.25, 0.3) is 0 Å². The number of hydrogen-bond acceptors (Lipinski definition) is 4. The number of aryl methyl sites for hydroxylation is 1. The minimum Gasteiger partial charge on any atom is -0.357 e. The number of nitrogens with one attached hydrogen (secondary N) is 2. The molecule has 1 unspecified atom stereocenters.